The van der Waals surface area contributed by atoms with Gasteiger partial charge < -0.3 is 0 Å². The van der Waals surface area contributed by atoms with E-state index in [9.17, 15) is 8.42 Å². The van der Waals surface area contributed by atoms with Gasteiger partial charge in [0.25, 0.3) is 0 Å². The fourth-order valence-electron chi connectivity index (χ4n) is 2.04. The quantitative estimate of drug-likeness (QED) is 0.814. The van der Waals surface area contributed by atoms with E-state index in [1.807, 2.05) is 34.6 Å². The summed E-state index contributed by atoms with van der Waals surface area (Å²) < 4.78 is 25.9. The van der Waals surface area contributed by atoms with E-state index in [4.69, 9.17) is 0 Å². The van der Waals surface area contributed by atoms with Crippen LogP contribution in [0.15, 0.2) is 4.90 Å². The molecular formula is C13H21NO2S. The van der Waals surface area contributed by atoms with Gasteiger partial charge in [0.1, 0.15) is 0 Å². The Morgan fingerprint density at radius 1 is 0.706 bits per heavy atom. The van der Waals surface area contributed by atoms with E-state index in [1.54, 1.807) is 14.1 Å². The predicted octanol–water partition coefficient (Wildman–Crippen LogP) is 2.48. The van der Waals surface area contributed by atoms with Crippen LogP contribution in [0.5, 0.6) is 0 Å². The van der Waals surface area contributed by atoms with Crippen LogP contribution in [0.4, 0.5) is 0 Å². The zero-order chi connectivity index (χ0) is 13.5. The number of hydrogen-bond donors (Lipinski definition) is 0. The first kappa shape index (κ1) is 14.2. The topological polar surface area (TPSA) is 37.4 Å². The number of benzene rings is 1. The van der Waals surface area contributed by atoms with Crippen molar-refractivity contribution in [2.24, 2.45) is 0 Å². The zero-order valence-electron chi connectivity index (χ0n) is 11.7. The van der Waals surface area contributed by atoms with Gasteiger partial charge in [-0.15, -0.1) is 0 Å². The lowest BCUT2D eigenvalue weighted by atomic mass is 9.95. The van der Waals surface area contributed by atoms with Crippen molar-refractivity contribution in [3.8, 4) is 0 Å². The number of sulfonamides is 1. The molecule has 0 amide bonds. The number of nitrogens with zero attached hydrogens (tertiary/aromatic N) is 1. The van der Waals surface area contributed by atoms with E-state index in [-0.39, 0.29) is 0 Å². The van der Waals surface area contributed by atoms with Crippen LogP contribution in [0.2, 0.25) is 0 Å². The molecule has 0 aliphatic rings. The van der Waals surface area contributed by atoms with E-state index in [2.05, 4.69) is 0 Å². The second kappa shape index (κ2) is 4.42. The monoisotopic (exact) mass is 255 g/mol. The van der Waals surface area contributed by atoms with Crippen molar-refractivity contribution in [3.05, 3.63) is 27.8 Å². The second-order valence-electron chi connectivity index (χ2n) is 4.74. The molecule has 0 atom stereocenters. The zero-order valence-corrected chi connectivity index (χ0v) is 12.5. The van der Waals surface area contributed by atoms with Gasteiger partial charge >= 0.3 is 0 Å². The van der Waals surface area contributed by atoms with Crippen molar-refractivity contribution in [2.75, 3.05) is 14.1 Å². The molecule has 0 spiro atoms. The fourth-order valence-corrected chi connectivity index (χ4v) is 3.48. The highest BCUT2D eigenvalue weighted by atomic mass is 32.2. The molecule has 0 bridgehead atoms. The molecular weight excluding hydrogens is 234 g/mol. The van der Waals surface area contributed by atoms with Gasteiger partial charge in [0, 0.05) is 14.1 Å². The van der Waals surface area contributed by atoms with E-state index < -0.39 is 10.0 Å². The SMILES string of the molecule is Cc1c(C)c(C)c(S(=O)(=O)N(C)C)c(C)c1C. The maximum absolute atomic E-state index is 12.3. The second-order valence-corrected chi connectivity index (χ2v) is 6.83. The van der Waals surface area contributed by atoms with Gasteiger partial charge in [0.05, 0.1) is 4.90 Å². The Morgan fingerprint density at radius 2 is 1.00 bits per heavy atom. The molecule has 0 heterocycles. The minimum absolute atomic E-state index is 0.461. The van der Waals surface area contributed by atoms with Crippen LogP contribution in [0.1, 0.15) is 27.8 Å². The predicted molar refractivity (Wildman–Crippen MR) is 71.0 cm³/mol. The van der Waals surface area contributed by atoms with Crippen molar-refractivity contribution >= 4 is 10.0 Å². The molecule has 96 valence electrons. The van der Waals surface area contributed by atoms with Crippen LogP contribution in [-0.4, -0.2) is 26.8 Å². The van der Waals surface area contributed by atoms with Gasteiger partial charge in [0.15, 0.2) is 0 Å². The highest BCUT2D eigenvalue weighted by Crippen LogP contribution is 2.30. The van der Waals surface area contributed by atoms with Gasteiger partial charge in [-0.2, -0.15) is 0 Å². The van der Waals surface area contributed by atoms with Crippen LogP contribution in [0, 0.1) is 34.6 Å². The summed E-state index contributed by atoms with van der Waals surface area (Å²) in [5.74, 6) is 0. The standard InChI is InChI=1S/C13H21NO2S/c1-8-9(2)11(4)13(12(5)10(8)3)17(15,16)14(6)7/h1-7H3. The molecule has 3 nitrogen and oxygen atoms in total. The van der Waals surface area contributed by atoms with Crippen LogP contribution in [0.25, 0.3) is 0 Å². The Balaban J connectivity index is 3.80. The van der Waals surface area contributed by atoms with Crippen LogP contribution >= 0.6 is 0 Å². The van der Waals surface area contributed by atoms with E-state index in [0.29, 0.717) is 4.90 Å². The highest BCUT2D eigenvalue weighted by Gasteiger charge is 2.25. The number of rotatable bonds is 2. The molecule has 0 saturated heterocycles. The first-order valence-electron chi connectivity index (χ1n) is 5.61. The Labute approximate surface area is 105 Å². The lowest BCUT2D eigenvalue weighted by molar-refractivity contribution is 0.519. The minimum Gasteiger partial charge on any atom is -0.207 e. The van der Waals surface area contributed by atoms with Crippen molar-refractivity contribution in [1.82, 2.24) is 4.31 Å². The minimum atomic E-state index is -3.37. The Hall–Kier alpha value is -0.870. The maximum Gasteiger partial charge on any atom is 0.243 e. The Morgan fingerprint density at radius 3 is 1.29 bits per heavy atom. The number of hydrogen-bond acceptors (Lipinski definition) is 2. The Bertz CT molecular complexity index is 528. The molecule has 1 rings (SSSR count). The summed E-state index contributed by atoms with van der Waals surface area (Å²) in [6.45, 7) is 9.75. The van der Waals surface area contributed by atoms with Gasteiger partial charge in [-0.1, -0.05) is 0 Å². The summed E-state index contributed by atoms with van der Waals surface area (Å²) >= 11 is 0. The first-order valence-corrected chi connectivity index (χ1v) is 7.05. The molecule has 1 aromatic rings. The third kappa shape index (κ3) is 2.11. The molecule has 17 heavy (non-hydrogen) atoms. The Kier molecular flexibility index (Phi) is 3.69. The van der Waals surface area contributed by atoms with Crippen molar-refractivity contribution < 1.29 is 8.42 Å². The van der Waals surface area contributed by atoms with Crippen LogP contribution in [0.3, 0.4) is 0 Å². The average Bonchev–Trinajstić information content (AvgIpc) is 2.23. The van der Waals surface area contributed by atoms with Gasteiger partial charge in [0.2, 0.25) is 10.0 Å². The van der Waals surface area contributed by atoms with Crippen LogP contribution < -0.4 is 0 Å². The molecule has 0 unspecified atom stereocenters. The molecule has 1 aromatic carbocycles. The van der Waals surface area contributed by atoms with Crippen LogP contribution in [-0.2, 0) is 10.0 Å². The molecule has 0 aromatic heterocycles. The van der Waals surface area contributed by atoms with Gasteiger partial charge in [-0.3, -0.25) is 0 Å². The van der Waals surface area contributed by atoms with Crippen molar-refractivity contribution in [2.45, 2.75) is 39.5 Å². The average molecular weight is 255 g/mol. The lowest BCUT2D eigenvalue weighted by Crippen LogP contribution is -2.24. The summed E-state index contributed by atoms with van der Waals surface area (Å²) in [6, 6.07) is 0. The fraction of sp³-hybridized carbons (Fsp3) is 0.538. The van der Waals surface area contributed by atoms with E-state index in [0.717, 1.165) is 22.3 Å². The van der Waals surface area contributed by atoms with Crippen molar-refractivity contribution in [1.29, 1.82) is 0 Å². The summed E-state index contributed by atoms with van der Waals surface area (Å²) in [5, 5.41) is 0. The van der Waals surface area contributed by atoms with Gasteiger partial charge in [-0.25, -0.2) is 12.7 Å². The maximum atomic E-state index is 12.3. The largest absolute Gasteiger partial charge is 0.243 e. The molecule has 0 fully saturated rings. The molecule has 0 aliphatic heterocycles. The molecule has 0 radical (unpaired) electrons. The normalized spacial score (nSPS) is 12.2. The molecule has 0 saturated carbocycles. The van der Waals surface area contributed by atoms with Crippen molar-refractivity contribution in [3.63, 3.8) is 0 Å². The van der Waals surface area contributed by atoms with E-state index >= 15 is 0 Å². The summed E-state index contributed by atoms with van der Waals surface area (Å²) in [4.78, 5) is 0.461. The third-order valence-corrected chi connectivity index (χ3v) is 5.76. The molecule has 0 aliphatic carbocycles. The summed E-state index contributed by atoms with van der Waals surface area (Å²) in [7, 11) is -0.230. The van der Waals surface area contributed by atoms with Gasteiger partial charge in [-0.05, 0) is 62.4 Å². The van der Waals surface area contributed by atoms with E-state index in [1.165, 1.54) is 9.87 Å². The molecule has 0 N–H and O–H groups in total. The third-order valence-electron chi connectivity index (χ3n) is 3.67. The summed E-state index contributed by atoms with van der Waals surface area (Å²) in [5.41, 5.74) is 5.03. The highest BCUT2D eigenvalue weighted by molar-refractivity contribution is 7.89. The summed E-state index contributed by atoms with van der Waals surface area (Å²) in [6.07, 6.45) is 0. The first-order chi connectivity index (χ1) is 7.62. The smallest absolute Gasteiger partial charge is 0.207 e. The lowest BCUT2D eigenvalue weighted by Gasteiger charge is -2.21. The molecule has 4 heteroatoms.